The summed E-state index contributed by atoms with van der Waals surface area (Å²) in [5.41, 5.74) is 5.56. The van der Waals surface area contributed by atoms with Gasteiger partial charge >= 0.3 is 0 Å². The van der Waals surface area contributed by atoms with Crippen LogP contribution in [0.5, 0.6) is 0 Å². The van der Waals surface area contributed by atoms with Gasteiger partial charge in [-0.2, -0.15) is 0 Å². The molecule has 1 unspecified atom stereocenters. The zero-order valence-electron chi connectivity index (χ0n) is 10.2. The molecule has 0 radical (unpaired) electrons. The van der Waals surface area contributed by atoms with Crippen molar-refractivity contribution in [1.82, 2.24) is 10.4 Å². The van der Waals surface area contributed by atoms with Gasteiger partial charge in [0.25, 0.3) is 0 Å². The SMILES string of the molecule is Cc1ccc(F)cc1CC(NN)c1ccccn1. The molecule has 3 N–H and O–H groups in total. The molecule has 0 bridgehead atoms. The van der Waals surface area contributed by atoms with Gasteiger partial charge < -0.3 is 0 Å². The summed E-state index contributed by atoms with van der Waals surface area (Å²) in [6.07, 6.45) is 2.33. The first-order chi connectivity index (χ1) is 8.70. The van der Waals surface area contributed by atoms with Gasteiger partial charge in [-0.25, -0.2) is 4.39 Å². The molecule has 94 valence electrons. The number of nitrogens with zero attached hydrogens (tertiary/aromatic N) is 1. The lowest BCUT2D eigenvalue weighted by Gasteiger charge is -2.16. The lowest BCUT2D eigenvalue weighted by Crippen LogP contribution is -2.30. The first-order valence-electron chi connectivity index (χ1n) is 5.83. The second kappa shape index (κ2) is 5.71. The van der Waals surface area contributed by atoms with Crippen LogP contribution in [0.4, 0.5) is 4.39 Å². The van der Waals surface area contributed by atoms with E-state index in [4.69, 9.17) is 5.84 Å². The van der Waals surface area contributed by atoms with E-state index in [0.717, 1.165) is 16.8 Å². The number of aryl methyl sites for hydroxylation is 1. The Morgan fingerprint density at radius 2 is 2.17 bits per heavy atom. The van der Waals surface area contributed by atoms with E-state index >= 15 is 0 Å². The molecule has 0 saturated heterocycles. The van der Waals surface area contributed by atoms with Crippen molar-refractivity contribution in [1.29, 1.82) is 0 Å². The maximum atomic E-state index is 13.2. The molecule has 0 spiro atoms. The molecule has 0 aliphatic heterocycles. The van der Waals surface area contributed by atoms with Crippen LogP contribution < -0.4 is 11.3 Å². The summed E-state index contributed by atoms with van der Waals surface area (Å²) >= 11 is 0. The van der Waals surface area contributed by atoms with Gasteiger partial charge in [0.15, 0.2) is 0 Å². The largest absolute Gasteiger partial charge is 0.271 e. The zero-order chi connectivity index (χ0) is 13.0. The van der Waals surface area contributed by atoms with Gasteiger partial charge in [0.1, 0.15) is 5.82 Å². The Labute approximate surface area is 106 Å². The van der Waals surface area contributed by atoms with Crippen LogP contribution in [-0.2, 0) is 6.42 Å². The summed E-state index contributed by atoms with van der Waals surface area (Å²) in [4.78, 5) is 4.26. The average molecular weight is 245 g/mol. The minimum absolute atomic E-state index is 0.119. The molecule has 0 fully saturated rings. The van der Waals surface area contributed by atoms with Crippen LogP contribution >= 0.6 is 0 Å². The standard InChI is InChI=1S/C14H16FN3/c1-10-5-6-12(15)8-11(10)9-14(18-16)13-4-2-3-7-17-13/h2-8,14,18H,9,16H2,1H3. The summed E-state index contributed by atoms with van der Waals surface area (Å²) in [5.74, 6) is 5.33. The van der Waals surface area contributed by atoms with Gasteiger partial charge in [-0.15, -0.1) is 0 Å². The molecule has 4 heteroatoms. The van der Waals surface area contributed by atoms with Gasteiger partial charge in [0.05, 0.1) is 11.7 Å². The normalized spacial score (nSPS) is 12.4. The molecule has 2 aromatic rings. The summed E-state index contributed by atoms with van der Waals surface area (Å²) < 4.78 is 13.2. The van der Waals surface area contributed by atoms with E-state index in [1.165, 1.54) is 6.07 Å². The van der Waals surface area contributed by atoms with Crippen molar-refractivity contribution >= 4 is 0 Å². The number of benzene rings is 1. The van der Waals surface area contributed by atoms with Crippen LogP contribution in [0.15, 0.2) is 42.6 Å². The molecule has 1 aromatic heterocycles. The van der Waals surface area contributed by atoms with Gasteiger partial charge in [0.2, 0.25) is 0 Å². The summed E-state index contributed by atoms with van der Waals surface area (Å²) in [6.45, 7) is 1.96. The molecule has 0 saturated carbocycles. The number of nitrogens with two attached hydrogens (primary N) is 1. The van der Waals surface area contributed by atoms with Crippen molar-refractivity contribution in [3.8, 4) is 0 Å². The number of nitrogens with one attached hydrogen (secondary N) is 1. The summed E-state index contributed by atoms with van der Waals surface area (Å²) in [5, 5.41) is 0. The monoisotopic (exact) mass is 245 g/mol. The average Bonchev–Trinajstić information content (AvgIpc) is 2.41. The van der Waals surface area contributed by atoms with Crippen LogP contribution in [0.2, 0.25) is 0 Å². The fourth-order valence-corrected chi connectivity index (χ4v) is 1.91. The predicted octanol–water partition coefficient (Wildman–Crippen LogP) is 2.28. The molecule has 1 aromatic carbocycles. The third kappa shape index (κ3) is 2.91. The first kappa shape index (κ1) is 12.7. The third-order valence-corrected chi connectivity index (χ3v) is 2.98. The van der Waals surface area contributed by atoms with Crippen molar-refractivity contribution < 1.29 is 4.39 Å². The van der Waals surface area contributed by atoms with Crippen LogP contribution in [0, 0.1) is 12.7 Å². The Bertz CT molecular complexity index is 514. The van der Waals surface area contributed by atoms with Crippen LogP contribution in [0.25, 0.3) is 0 Å². The highest BCUT2D eigenvalue weighted by Gasteiger charge is 2.13. The fourth-order valence-electron chi connectivity index (χ4n) is 1.91. The minimum Gasteiger partial charge on any atom is -0.271 e. The molecular formula is C14H16FN3. The Morgan fingerprint density at radius 1 is 1.33 bits per heavy atom. The van der Waals surface area contributed by atoms with Crippen molar-refractivity contribution in [2.24, 2.45) is 5.84 Å². The number of hydrazine groups is 1. The number of pyridine rings is 1. The van der Waals surface area contributed by atoms with Gasteiger partial charge in [-0.3, -0.25) is 16.3 Å². The van der Waals surface area contributed by atoms with E-state index in [9.17, 15) is 4.39 Å². The van der Waals surface area contributed by atoms with Crippen LogP contribution in [0.1, 0.15) is 22.9 Å². The predicted molar refractivity (Wildman–Crippen MR) is 69.1 cm³/mol. The van der Waals surface area contributed by atoms with E-state index in [1.54, 1.807) is 18.3 Å². The van der Waals surface area contributed by atoms with Gasteiger partial charge in [0, 0.05) is 6.20 Å². The van der Waals surface area contributed by atoms with Gasteiger partial charge in [-0.1, -0.05) is 12.1 Å². The molecule has 2 rings (SSSR count). The minimum atomic E-state index is -0.229. The molecule has 0 aliphatic rings. The Kier molecular flexibility index (Phi) is 4.02. The van der Waals surface area contributed by atoms with Crippen molar-refractivity contribution in [2.45, 2.75) is 19.4 Å². The summed E-state index contributed by atoms with van der Waals surface area (Å²) in [7, 11) is 0. The quantitative estimate of drug-likeness (QED) is 0.642. The summed E-state index contributed by atoms with van der Waals surface area (Å²) in [6, 6.07) is 10.3. The van der Waals surface area contributed by atoms with E-state index in [0.29, 0.717) is 6.42 Å². The van der Waals surface area contributed by atoms with Crippen molar-refractivity contribution in [2.75, 3.05) is 0 Å². The van der Waals surface area contributed by atoms with Crippen LogP contribution in [0.3, 0.4) is 0 Å². The van der Waals surface area contributed by atoms with Crippen molar-refractivity contribution in [3.05, 3.63) is 65.2 Å². The number of halogens is 1. The Balaban J connectivity index is 2.23. The Hall–Kier alpha value is -1.78. The molecule has 3 nitrogen and oxygen atoms in total. The second-order valence-corrected chi connectivity index (χ2v) is 4.25. The zero-order valence-corrected chi connectivity index (χ0v) is 10.2. The molecule has 0 aliphatic carbocycles. The van der Waals surface area contributed by atoms with Crippen LogP contribution in [-0.4, -0.2) is 4.98 Å². The number of hydrogen-bond acceptors (Lipinski definition) is 3. The van der Waals surface area contributed by atoms with Crippen molar-refractivity contribution in [3.63, 3.8) is 0 Å². The molecule has 0 amide bonds. The highest BCUT2D eigenvalue weighted by atomic mass is 19.1. The lowest BCUT2D eigenvalue weighted by molar-refractivity contribution is 0.534. The highest BCUT2D eigenvalue weighted by molar-refractivity contribution is 5.28. The molecule has 1 atom stereocenters. The molecule has 1 heterocycles. The maximum Gasteiger partial charge on any atom is 0.123 e. The molecular weight excluding hydrogens is 229 g/mol. The fraction of sp³-hybridized carbons (Fsp3) is 0.214. The smallest absolute Gasteiger partial charge is 0.123 e. The highest BCUT2D eigenvalue weighted by Crippen LogP contribution is 2.19. The topological polar surface area (TPSA) is 50.9 Å². The van der Waals surface area contributed by atoms with E-state index in [1.807, 2.05) is 25.1 Å². The maximum absolute atomic E-state index is 13.2. The molecule has 18 heavy (non-hydrogen) atoms. The van der Waals surface area contributed by atoms with Gasteiger partial charge in [-0.05, 0) is 48.7 Å². The van der Waals surface area contributed by atoms with E-state index < -0.39 is 0 Å². The third-order valence-electron chi connectivity index (χ3n) is 2.98. The second-order valence-electron chi connectivity index (χ2n) is 4.25. The lowest BCUT2D eigenvalue weighted by atomic mass is 9.99. The first-order valence-corrected chi connectivity index (χ1v) is 5.83. The number of aromatic nitrogens is 1. The number of rotatable bonds is 4. The van der Waals surface area contributed by atoms with E-state index in [2.05, 4.69) is 10.4 Å². The van der Waals surface area contributed by atoms with E-state index in [-0.39, 0.29) is 11.9 Å². The number of hydrogen-bond donors (Lipinski definition) is 2. The Morgan fingerprint density at radius 3 is 2.83 bits per heavy atom.